The molecule has 0 N–H and O–H groups in total. The fourth-order valence-electron chi connectivity index (χ4n) is 5.45. The first-order valence-corrected chi connectivity index (χ1v) is 16.5. The lowest BCUT2D eigenvalue weighted by Crippen LogP contribution is -2.11. The summed E-state index contributed by atoms with van der Waals surface area (Å²) in [5.74, 6) is 21.2. The van der Waals surface area contributed by atoms with E-state index >= 15 is 0 Å². The zero-order valence-corrected chi connectivity index (χ0v) is 28.6. The van der Waals surface area contributed by atoms with E-state index in [4.69, 9.17) is 0 Å². The molecule has 0 aromatic heterocycles. The number of hydrogen-bond acceptors (Lipinski definition) is 0. The summed E-state index contributed by atoms with van der Waals surface area (Å²) in [6.07, 6.45) is 4.42. The molecule has 45 heavy (non-hydrogen) atoms. The lowest BCUT2D eigenvalue weighted by Gasteiger charge is -2.19. The van der Waals surface area contributed by atoms with E-state index < -0.39 is 0 Å². The van der Waals surface area contributed by atoms with Crippen molar-refractivity contribution in [1.82, 2.24) is 0 Å². The van der Waals surface area contributed by atoms with E-state index in [-0.39, 0.29) is 5.41 Å². The zero-order valence-electron chi connectivity index (χ0n) is 28.6. The van der Waals surface area contributed by atoms with Crippen LogP contribution in [0.4, 0.5) is 0 Å². The van der Waals surface area contributed by atoms with Crippen molar-refractivity contribution in [2.45, 2.75) is 92.4 Å². The van der Waals surface area contributed by atoms with Crippen LogP contribution in [0.2, 0.25) is 0 Å². The zero-order chi connectivity index (χ0) is 32.4. The lowest BCUT2D eigenvalue weighted by atomic mass is 9.85. The molecular formula is C45H48. The molecule has 0 aliphatic rings. The summed E-state index contributed by atoms with van der Waals surface area (Å²) in [7, 11) is 0. The summed E-state index contributed by atoms with van der Waals surface area (Å²) < 4.78 is 0. The molecule has 0 aliphatic carbocycles. The van der Waals surface area contributed by atoms with Gasteiger partial charge in [-0.3, -0.25) is 0 Å². The maximum Gasteiger partial charge on any atom is 0.0408 e. The Kier molecular flexibility index (Phi) is 11.5. The van der Waals surface area contributed by atoms with Crippen LogP contribution in [0.5, 0.6) is 0 Å². The molecule has 4 aromatic rings. The van der Waals surface area contributed by atoms with Crippen LogP contribution in [0, 0.1) is 48.4 Å². The SMILES string of the molecule is CCc1cc(C#Cc2cc(C(C)(C)C)ccc2C#Cc2ccc(C#CC(C)C)cc2)cc(CCCC(C)c2ccccc2)c1C. The van der Waals surface area contributed by atoms with Crippen LogP contribution in [0.25, 0.3) is 0 Å². The van der Waals surface area contributed by atoms with Crippen molar-refractivity contribution in [2.75, 3.05) is 0 Å². The monoisotopic (exact) mass is 588 g/mol. The summed E-state index contributed by atoms with van der Waals surface area (Å²) in [4.78, 5) is 0. The maximum atomic E-state index is 3.54. The van der Waals surface area contributed by atoms with E-state index in [0.717, 1.165) is 47.1 Å². The second-order valence-corrected chi connectivity index (χ2v) is 13.5. The standard InChI is InChI=1S/C45H48/c1-9-39-30-38(31-42(35(39)5)17-13-14-34(4)40-15-11-10-12-16-40)25-27-43-32-44(45(6,7)8)29-28-41(43)26-24-37-22-20-36(21-23-37)19-18-33(2)3/h10-12,15-16,20-23,28-34H,9,13-14,17H2,1-8H3. The molecule has 0 nitrogen and oxygen atoms in total. The smallest absolute Gasteiger partial charge is 0.0408 e. The Bertz CT molecular complexity index is 1770. The van der Waals surface area contributed by atoms with Gasteiger partial charge in [-0.15, -0.1) is 0 Å². The van der Waals surface area contributed by atoms with Crippen molar-refractivity contribution in [1.29, 1.82) is 0 Å². The van der Waals surface area contributed by atoms with Gasteiger partial charge in [-0.05, 0) is 120 Å². The first kappa shape index (κ1) is 33.5. The molecular weight excluding hydrogens is 540 g/mol. The molecule has 228 valence electrons. The van der Waals surface area contributed by atoms with E-state index in [9.17, 15) is 0 Å². The molecule has 1 atom stereocenters. The highest BCUT2D eigenvalue weighted by molar-refractivity contribution is 5.57. The quantitative estimate of drug-likeness (QED) is 0.197. The van der Waals surface area contributed by atoms with Crippen LogP contribution in [-0.2, 0) is 18.3 Å². The fourth-order valence-corrected chi connectivity index (χ4v) is 5.45. The molecule has 0 aliphatic heterocycles. The van der Waals surface area contributed by atoms with Gasteiger partial charge in [0.1, 0.15) is 0 Å². The Hall–Kier alpha value is -4.44. The van der Waals surface area contributed by atoms with Crippen LogP contribution >= 0.6 is 0 Å². The molecule has 0 amide bonds. The van der Waals surface area contributed by atoms with Crippen LogP contribution in [0.3, 0.4) is 0 Å². The highest BCUT2D eigenvalue weighted by Crippen LogP contribution is 2.26. The van der Waals surface area contributed by atoms with Crippen molar-refractivity contribution in [3.8, 4) is 35.5 Å². The molecule has 0 saturated carbocycles. The minimum Gasteiger partial charge on any atom is -0.0951 e. The molecule has 0 heterocycles. The third-order valence-corrected chi connectivity index (χ3v) is 8.41. The third-order valence-electron chi connectivity index (χ3n) is 8.41. The fraction of sp³-hybridized carbons (Fsp3) is 0.333. The summed E-state index contributed by atoms with van der Waals surface area (Å²) in [6, 6.07) is 30.2. The van der Waals surface area contributed by atoms with Gasteiger partial charge >= 0.3 is 0 Å². The van der Waals surface area contributed by atoms with Crippen molar-refractivity contribution < 1.29 is 0 Å². The van der Waals surface area contributed by atoms with Gasteiger partial charge in [-0.2, -0.15) is 0 Å². The van der Waals surface area contributed by atoms with E-state index in [1.54, 1.807) is 0 Å². The van der Waals surface area contributed by atoms with Gasteiger partial charge in [0, 0.05) is 33.7 Å². The minimum absolute atomic E-state index is 0.0263. The van der Waals surface area contributed by atoms with Crippen LogP contribution in [0.15, 0.2) is 84.9 Å². The molecule has 0 fully saturated rings. The molecule has 0 saturated heterocycles. The van der Waals surface area contributed by atoms with Gasteiger partial charge in [-0.25, -0.2) is 0 Å². The van der Waals surface area contributed by atoms with Crippen LogP contribution in [-0.4, -0.2) is 0 Å². The van der Waals surface area contributed by atoms with Crippen LogP contribution in [0.1, 0.15) is 123 Å². The Morgan fingerprint density at radius 1 is 0.644 bits per heavy atom. The van der Waals surface area contributed by atoms with Gasteiger partial charge in [-0.1, -0.05) is 120 Å². The van der Waals surface area contributed by atoms with Crippen molar-refractivity contribution >= 4 is 0 Å². The molecule has 0 radical (unpaired) electrons. The topological polar surface area (TPSA) is 0 Å². The predicted octanol–water partition coefficient (Wildman–Crippen LogP) is 10.8. The van der Waals surface area contributed by atoms with E-state index in [2.05, 4.69) is 152 Å². The first-order valence-electron chi connectivity index (χ1n) is 16.5. The van der Waals surface area contributed by atoms with Crippen LogP contribution < -0.4 is 0 Å². The number of hydrogen-bond donors (Lipinski definition) is 0. The van der Waals surface area contributed by atoms with Gasteiger partial charge < -0.3 is 0 Å². The second kappa shape index (κ2) is 15.5. The summed E-state index contributed by atoms with van der Waals surface area (Å²) in [5, 5.41) is 0. The molecule has 0 bridgehead atoms. The summed E-state index contributed by atoms with van der Waals surface area (Å²) in [6.45, 7) is 17.8. The molecule has 1 unspecified atom stereocenters. The Balaban J connectivity index is 1.62. The Morgan fingerprint density at radius 2 is 1.27 bits per heavy atom. The Morgan fingerprint density at radius 3 is 1.91 bits per heavy atom. The highest BCUT2D eigenvalue weighted by Gasteiger charge is 2.15. The lowest BCUT2D eigenvalue weighted by molar-refractivity contribution is 0.590. The molecule has 0 spiro atoms. The van der Waals surface area contributed by atoms with E-state index in [1.165, 1.54) is 34.2 Å². The number of rotatable bonds is 6. The largest absolute Gasteiger partial charge is 0.0951 e. The number of aryl methyl sites for hydroxylation is 2. The maximum absolute atomic E-state index is 3.54. The van der Waals surface area contributed by atoms with Gasteiger partial charge in [0.05, 0.1) is 0 Å². The second-order valence-electron chi connectivity index (χ2n) is 13.5. The normalized spacial score (nSPS) is 11.5. The number of benzene rings is 4. The molecule has 0 heteroatoms. The average Bonchev–Trinajstić information content (AvgIpc) is 3.03. The summed E-state index contributed by atoms with van der Waals surface area (Å²) in [5.41, 5.74) is 11.9. The average molecular weight is 589 g/mol. The highest BCUT2D eigenvalue weighted by atomic mass is 14.2. The predicted molar refractivity (Wildman–Crippen MR) is 194 cm³/mol. The Labute approximate surface area is 273 Å². The van der Waals surface area contributed by atoms with E-state index in [1.807, 2.05) is 24.3 Å². The minimum atomic E-state index is 0.0263. The van der Waals surface area contributed by atoms with Gasteiger partial charge in [0.25, 0.3) is 0 Å². The first-order chi connectivity index (χ1) is 21.5. The van der Waals surface area contributed by atoms with Crippen molar-refractivity contribution in [2.24, 2.45) is 5.92 Å². The molecule has 4 aromatic carbocycles. The van der Waals surface area contributed by atoms with Gasteiger partial charge in [0.15, 0.2) is 0 Å². The summed E-state index contributed by atoms with van der Waals surface area (Å²) >= 11 is 0. The van der Waals surface area contributed by atoms with E-state index in [0.29, 0.717) is 11.8 Å². The molecule has 4 rings (SSSR count). The third kappa shape index (κ3) is 9.78. The van der Waals surface area contributed by atoms with Crippen molar-refractivity contribution in [3.63, 3.8) is 0 Å². The van der Waals surface area contributed by atoms with Gasteiger partial charge in [0.2, 0.25) is 0 Å². The van der Waals surface area contributed by atoms with Crippen molar-refractivity contribution in [3.05, 3.63) is 141 Å².